The number of aliphatic hydroxyl groups is 1. The molecule has 4 rings (SSSR count). The van der Waals surface area contributed by atoms with Crippen molar-refractivity contribution >= 4 is 30.1 Å². The number of aryl methyl sites for hydroxylation is 4. The number of aromatic nitrogens is 1. The van der Waals surface area contributed by atoms with E-state index in [4.69, 9.17) is 10.1 Å². The second-order valence-corrected chi connectivity index (χ2v) is 12.9. The molecule has 0 aliphatic carbocycles. The molecule has 3 nitrogen and oxygen atoms in total. The predicted octanol–water partition coefficient (Wildman–Crippen LogP) is 7.99. The van der Waals surface area contributed by atoms with Crippen molar-refractivity contribution in [3.05, 3.63) is 88.2 Å². The number of allylic oxidation sites excluding steroid dienone is 2. The van der Waals surface area contributed by atoms with Gasteiger partial charge in [0.05, 0.1) is 5.76 Å². The number of pyridine rings is 1. The van der Waals surface area contributed by atoms with Gasteiger partial charge in [-0.1, -0.05) is 0 Å². The minimum absolute atomic E-state index is 0. The zero-order valence-corrected chi connectivity index (χ0v) is 27.3. The van der Waals surface area contributed by atoms with Gasteiger partial charge in [0.1, 0.15) is 0 Å². The molecule has 0 unspecified atom stereocenters. The van der Waals surface area contributed by atoms with Gasteiger partial charge in [-0.05, 0) is 13.8 Å². The average molecular weight is 738 g/mol. The third kappa shape index (κ3) is 8.09. The summed E-state index contributed by atoms with van der Waals surface area (Å²) in [7, 11) is 0. The number of fused-ring (bicyclic) bond motifs is 1. The van der Waals surface area contributed by atoms with Crippen LogP contribution in [0.15, 0.2) is 54.3 Å². The van der Waals surface area contributed by atoms with Crippen LogP contribution in [-0.2, 0) is 30.3 Å². The van der Waals surface area contributed by atoms with Gasteiger partial charge in [0.2, 0.25) is 0 Å². The predicted molar refractivity (Wildman–Crippen MR) is 153 cm³/mol. The summed E-state index contributed by atoms with van der Waals surface area (Å²) in [5, 5.41) is 8.36. The first kappa shape index (κ1) is 30.9. The molecule has 5 heteroatoms. The Morgan fingerprint density at radius 2 is 1.59 bits per heavy atom. The zero-order chi connectivity index (χ0) is 26.8. The topological polar surface area (TPSA) is 50.2 Å². The molecule has 2 aromatic carbocycles. The first-order valence-electron chi connectivity index (χ1n) is 12.2. The van der Waals surface area contributed by atoms with E-state index in [1.54, 1.807) is 0 Å². The molecule has 0 saturated carbocycles. The van der Waals surface area contributed by atoms with Crippen LogP contribution in [0.3, 0.4) is 0 Å². The van der Waals surface area contributed by atoms with Gasteiger partial charge < -0.3 is 5.11 Å². The number of aliphatic hydroxyl groups excluding tert-OH is 1. The molecule has 2 heterocycles. The van der Waals surface area contributed by atoms with E-state index in [-0.39, 0.29) is 37.1 Å². The number of hydrogen-bond acceptors (Lipinski definition) is 3. The van der Waals surface area contributed by atoms with Crippen molar-refractivity contribution in [1.82, 2.24) is 4.98 Å². The van der Waals surface area contributed by atoms with Crippen molar-refractivity contribution in [2.75, 3.05) is 0 Å². The summed E-state index contributed by atoms with van der Waals surface area (Å²) in [6.07, 6.45) is 1.17. The molecule has 0 fully saturated rings. The number of carbonyl (C=O) groups excluding carboxylic acids is 1. The second kappa shape index (κ2) is 12.5. The van der Waals surface area contributed by atoms with Gasteiger partial charge in [0.15, 0.2) is 5.78 Å². The van der Waals surface area contributed by atoms with Crippen LogP contribution in [-0.4, -0.2) is 30.4 Å². The Kier molecular flexibility index (Phi) is 10.5. The third-order valence-corrected chi connectivity index (χ3v) is 8.18. The Morgan fingerprint density at radius 1 is 0.973 bits per heavy atom. The summed E-state index contributed by atoms with van der Waals surface area (Å²) in [5.41, 5.74) is 11.4. The van der Waals surface area contributed by atoms with Crippen LogP contribution < -0.4 is 0 Å². The van der Waals surface area contributed by atoms with Gasteiger partial charge in [0, 0.05) is 26.2 Å². The van der Waals surface area contributed by atoms with Gasteiger partial charge >= 0.3 is 181 Å². The van der Waals surface area contributed by atoms with Gasteiger partial charge in [-0.25, -0.2) is 0 Å². The molecule has 37 heavy (non-hydrogen) atoms. The van der Waals surface area contributed by atoms with E-state index in [1.165, 1.54) is 56.4 Å². The van der Waals surface area contributed by atoms with Gasteiger partial charge in [-0.15, -0.1) is 0 Å². The van der Waals surface area contributed by atoms with E-state index >= 15 is 0 Å². The maximum absolute atomic E-state index is 10.0. The van der Waals surface area contributed by atoms with E-state index in [9.17, 15) is 4.79 Å². The van der Waals surface area contributed by atoms with Gasteiger partial charge in [0.25, 0.3) is 0 Å². The molecule has 1 N–H and O–H groups in total. The average Bonchev–Trinajstić information content (AvgIpc) is 3.14. The van der Waals surface area contributed by atoms with E-state index < -0.39 is 0 Å². The molecule has 0 saturated heterocycles. The largest absolute Gasteiger partial charge is 0 e. The van der Waals surface area contributed by atoms with E-state index in [2.05, 4.69) is 97.0 Å². The molecule has 0 aliphatic heterocycles. The number of nitrogens with zero attached hydrogens (tertiary/aromatic N) is 1. The number of ketones is 1. The first-order valence-corrected chi connectivity index (χ1v) is 13.9. The van der Waals surface area contributed by atoms with Crippen LogP contribution in [0.1, 0.15) is 62.4 Å². The van der Waals surface area contributed by atoms with Crippen LogP contribution in [0.25, 0.3) is 31.0 Å². The van der Waals surface area contributed by atoms with E-state index in [0.29, 0.717) is 14.5 Å². The molecule has 0 bridgehead atoms. The molecule has 0 aliphatic rings. The number of carbonyl (C=O) groups is 1. The van der Waals surface area contributed by atoms with Gasteiger partial charge in [-0.2, -0.15) is 0 Å². The summed E-state index contributed by atoms with van der Waals surface area (Å²) >= 11 is 0.297. The van der Waals surface area contributed by atoms with Crippen LogP contribution in [0.4, 0.5) is 0 Å². The number of rotatable bonds is 3. The van der Waals surface area contributed by atoms with E-state index in [1.807, 2.05) is 0 Å². The Bertz CT molecular complexity index is 1410. The number of hydrogen-bond donors (Lipinski definition) is 1. The fourth-order valence-electron chi connectivity index (χ4n) is 4.31. The Morgan fingerprint density at radius 3 is 2.08 bits per heavy atom. The van der Waals surface area contributed by atoms with Crippen LogP contribution in [0, 0.1) is 33.8 Å². The second-order valence-electron chi connectivity index (χ2n) is 10.6. The van der Waals surface area contributed by atoms with Crippen molar-refractivity contribution < 1.29 is 30.0 Å². The minimum atomic E-state index is -0.125. The number of benzene rings is 2. The van der Waals surface area contributed by atoms with Crippen molar-refractivity contribution in [2.24, 2.45) is 0 Å². The van der Waals surface area contributed by atoms with E-state index in [0.717, 1.165) is 22.3 Å². The molecule has 0 spiro atoms. The van der Waals surface area contributed by atoms with Crippen LogP contribution in [0.5, 0.6) is 0 Å². The van der Waals surface area contributed by atoms with Crippen LogP contribution >= 0.6 is 0 Å². The van der Waals surface area contributed by atoms with Crippen molar-refractivity contribution in [3.8, 4) is 21.3 Å². The fourth-order valence-corrected chi connectivity index (χ4v) is 6.78. The third-order valence-electron chi connectivity index (χ3n) is 5.85. The first-order chi connectivity index (χ1) is 16.7. The van der Waals surface area contributed by atoms with Crippen molar-refractivity contribution in [2.45, 2.75) is 67.7 Å². The van der Waals surface area contributed by atoms with Crippen molar-refractivity contribution in [3.63, 3.8) is 0 Å². The zero-order valence-electron chi connectivity index (χ0n) is 23.2. The minimum Gasteiger partial charge on any atom is 0 e. The molecule has 0 atom stereocenters. The quantitative estimate of drug-likeness (QED) is 0.100. The molecule has 197 valence electrons. The smallest absolute Gasteiger partial charge is 0 e. The SMILES string of the molecule is CC(=O)/C=C(/C)O.Cc1[c-]c(-c2ccc3[se]c(-c4c(C)cc(C(C)(C)C)cc4C)cc3n2)cc(C)c1.[Ir]. The molecule has 1 radical (unpaired) electrons. The summed E-state index contributed by atoms with van der Waals surface area (Å²) in [5.74, 6) is -0.0625. The standard InChI is InChI=1S/C27H28NSe.C5H8O2.Ir/c1-16-10-17(2)12-20(11-16)22-8-9-24-23(28-22)15-25(29-24)26-18(3)13-21(14-19(26)4)27(5,6)7;1-4(6)3-5(2)7;/h8-11,13-15H,1-7H3;3,6H,1-2H3;/q-1;;/b;4-3-;. The molecule has 4 aromatic rings. The molecule has 0 amide bonds. The maximum Gasteiger partial charge on any atom is 0 e. The van der Waals surface area contributed by atoms with Gasteiger partial charge in [-0.3, -0.25) is 4.79 Å². The maximum atomic E-state index is 10.0. The summed E-state index contributed by atoms with van der Waals surface area (Å²) in [6.45, 7) is 18.4. The normalized spacial score (nSPS) is 11.5. The Hall–Kier alpha value is -2.29. The Labute approximate surface area is 241 Å². The summed E-state index contributed by atoms with van der Waals surface area (Å²) in [6, 6.07) is 19.3. The fraction of sp³-hybridized carbons (Fsp3) is 0.312. The monoisotopic (exact) mass is 739 g/mol. The molecule has 2 aromatic heterocycles. The molecular weight excluding hydrogens is 702 g/mol. The Balaban J connectivity index is 0.000000532. The van der Waals surface area contributed by atoms with Crippen molar-refractivity contribution in [1.29, 1.82) is 0 Å². The summed E-state index contributed by atoms with van der Waals surface area (Å²) in [4.78, 5) is 15.0. The van der Waals surface area contributed by atoms with Crippen LogP contribution in [0.2, 0.25) is 0 Å². The summed E-state index contributed by atoms with van der Waals surface area (Å²) < 4.78 is 2.82. The molecular formula is C32H36IrNO2Se-.